The zero-order valence-electron chi connectivity index (χ0n) is 17.3. The van der Waals surface area contributed by atoms with E-state index >= 15 is 0 Å². The van der Waals surface area contributed by atoms with Gasteiger partial charge in [-0.05, 0) is 46.9 Å². The molecule has 7 heteroatoms. The third-order valence-corrected chi connectivity index (χ3v) is 5.64. The summed E-state index contributed by atoms with van der Waals surface area (Å²) in [6.07, 6.45) is 0. The summed E-state index contributed by atoms with van der Waals surface area (Å²) in [5.74, 6) is -0.739. The highest BCUT2D eigenvalue weighted by Gasteiger charge is 2.32. The average Bonchev–Trinajstić information content (AvgIpc) is 2.76. The SMILES string of the molecule is CC(C)C(C(=O)O)N(c1ccc(-c2ccc(OCc3ccccc3)cc2)cc1)S(=O)O. The number of aliphatic carboxylic acids is 1. The largest absolute Gasteiger partial charge is 0.489 e. The van der Waals surface area contributed by atoms with Gasteiger partial charge >= 0.3 is 5.97 Å². The highest BCUT2D eigenvalue weighted by molar-refractivity contribution is 7.80. The standard InChI is InChI=1S/C24H25NO5S/c1-17(2)23(24(26)27)25(31(28)29)21-12-8-19(9-13-21)20-10-14-22(15-11-20)30-16-18-6-4-3-5-7-18/h3-15,17,23H,16H2,1-2H3,(H,26,27)(H,28,29). The fraction of sp³-hybridized carbons (Fsp3) is 0.208. The molecule has 0 bridgehead atoms. The molecule has 0 saturated carbocycles. The Bertz CT molecular complexity index is 1020. The van der Waals surface area contributed by atoms with Gasteiger partial charge in [-0.15, -0.1) is 0 Å². The predicted octanol–water partition coefficient (Wildman–Crippen LogP) is 4.98. The van der Waals surface area contributed by atoms with E-state index in [9.17, 15) is 18.7 Å². The zero-order chi connectivity index (χ0) is 22.4. The Labute approximate surface area is 184 Å². The minimum atomic E-state index is -2.46. The van der Waals surface area contributed by atoms with Gasteiger partial charge in [0.25, 0.3) is 11.3 Å². The van der Waals surface area contributed by atoms with E-state index in [2.05, 4.69) is 0 Å². The minimum Gasteiger partial charge on any atom is -0.489 e. The third kappa shape index (κ3) is 5.71. The van der Waals surface area contributed by atoms with Gasteiger partial charge in [-0.2, -0.15) is 0 Å². The summed E-state index contributed by atoms with van der Waals surface area (Å²) in [7, 11) is 0. The first-order valence-corrected chi connectivity index (χ1v) is 10.9. The molecule has 0 fully saturated rings. The maximum atomic E-state index is 11.9. The van der Waals surface area contributed by atoms with Gasteiger partial charge in [0, 0.05) is 0 Å². The Hall–Kier alpha value is -3.16. The maximum absolute atomic E-state index is 11.9. The highest BCUT2D eigenvalue weighted by Crippen LogP contribution is 2.28. The number of carboxylic acid groups (broad SMARTS) is 1. The van der Waals surface area contributed by atoms with Crippen LogP contribution in [0.1, 0.15) is 19.4 Å². The number of carbonyl (C=O) groups is 1. The van der Waals surface area contributed by atoms with Crippen molar-refractivity contribution in [1.29, 1.82) is 0 Å². The van der Waals surface area contributed by atoms with Crippen LogP contribution in [-0.4, -0.2) is 25.9 Å². The molecule has 0 heterocycles. The van der Waals surface area contributed by atoms with Crippen molar-refractivity contribution in [3.63, 3.8) is 0 Å². The quantitative estimate of drug-likeness (QED) is 0.459. The molecule has 0 spiro atoms. The summed E-state index contributed by atoms with van der Waals surface area (Å²) in [6, 6.07) is 23.4. The van der Waals surface area contributed by atoms with Crippen LogP contribution in [0.25, 0.3) is 11.1 Å². The minimum absolute atomic E-state index is 0.350. The van der Waals surface area contributed by atoms with E-state index in [1.54, 1.807) is 38.1 Å². The molecule has 0 amide bonds. The van der Waals surface area contributed by atoms with E-state index < -0.39 is 23.3 Å². The molecule has 0 aromatic heterocycles. The van der Waals surface area contributed by atoms with Crippen molar-refractivity contribution < 1.29 is 23.4 Å². The third-order valence-electron chi connectivity index (χ3n) is 4.86. The summed E-state index contributed by atoms with van der Waals surface area (Å²) in [4.78, 5) is 11.6. The Balaban J connectivity index is 1.74. The Morgan fingerprint density at radius 1 is 0.935 bits per heavy atom. The van der Waals surface area contributed by atoms with E-state index in [4.69, 9.17) is 4.74 Å². The van der Waals surface area contributed by atoms with E-state index in [-0.39, 0.29) is 5.92 Å². The fourth-order valence-electron chi connectivity index (χ4n) is 3.29. The monoisotopic (exact) mass is 439 g/mol. The van der Waals surface area contributed by atoms with Gasteiger partial charge in [0.15, 0.2) is 0 Å². The molecule has 6 nitrogen and oxygen atoms in total. The van der Waals surface area contributed by atoms with Gasteiger partial charge in [-0.1, -0.05) is 68.4 Å². The Morgan fingerprint density at radius 2 is 1.48 bits per heavy atom. The molecule has 31 heavy (non-hydrogen) atoms. The van der Waals surface area contributed by atoms with E-state index in [0.29, 0.717) is 12.3 Å². The normalized spacial score (nSPS) is 12.9. The van der Waals surface area contributed by atoms with Crippen molar-refractivity contribution >= 4 is 22.9 Å². The second-order valence-corrected chi connectivity index (χ2v) is 8.28. The highest BCUT2D eigenvalue weighted by atomic mass is 32.2. The van der Waals surface area contributed by atoms with Gasteiger partial charge < -0.3 is 9.84 Å². The van der Waals surface area contributed by atoms with Crippen molar-refractivity contribution in [3.05, 3.63) is 84.4 Å². The molecule has 2 N–H and O–H groups in total. The van der Waals surface area contributed by atoms with Crippen molar-refractivity contribution in [2.45, 2.75) is 26.5 Å². The van der Waals surface area contributed by atoms with Crippen molar-refractivity contribution in [2.75, 3.05) is 4.31 Å². The van der Waals surface area contributed by atoms with E-state index in [0.717, 1.165) is 26.7 Å². The molecular weight excluding hydrogens is 414 g/mol. The Morgan fingerprint density at radius 3 is 1.97 bits per heavy atom. The number of rotatable bonds is 9. The second-order valence-electron chi connectivity index (χ2n) is 7.43. The lowest BCUT2D eigenvalue weighted by molar-refractivity contribution is -0.139. The number of ether oxygens (including phenoxy) is 1. The molecule has 2 unspecified atom stereocenters. The van der Waals surface area contributed by atoms with Crippen LogP contribution >= 0.6 is 0 Å². The van der Waals surface area contributed by atoms with Crippen LogP contribution in [0.2, 0.25) is 0 Å². The van der Waals surface area contributed by atoms with Crippen LogP contribution in [0.4, 0.5) is 5.69 Å². The summed E-state index contributed by atoms with van der Waals surface area (Å²) < 4.78 is 28.4. The molecule has 3 aromatic carbocycles. The van der Waals surface area contributed by atoms with Crippen LogP contribution in [0.3, 0.4) is 0 Å². The van der Waals surface area contributed by atoms with Gasteiger partial charge in [0.2, 0.25) is 0 Å². The summed E-state index contributed by atoms with van der Waals surface area (Å²) in [6.45, 7) is 3.90. The lowest BCUT2D eigenvalue weighted by Gasteiger charge is -2.29. The molecule has 0 aliphatic carbocycles. The lowest BCUT2D eigenvalue weighted by Crippen LogP contribution is -2.45. The fourth-order valence-corrected chi connectivity index (χ4v) is 4.12. The summed E-state index contributed by atoms with van der Waals surface area (Å²) in [5, 5.41) is 9.50. The topological polar surface area (TPSA) is 87.1 Å². The number of anilines is 1. The van der Waals surface area contributed by atoms with E-state index in [1.165, 1.54) is 0 Å². The molecule has 0 saturated heterocycles. The molecule has 3 aromatic rings. The molecule has 0 aliphatic rings. The first kappa shape index (κ1) is 22.5. The van der Waals surface area contributed by atoms with Crippen molar-refractivity contribution in [1.82, 2.24) is 0 Å². The average molecular weight is 440 g/mol. The summed E-state index contributed by atoms with van der Waals surface area (Å²) in [5.41, 5.74) is 3.31. The molecule has 2 atom stereocenters. The molecule has 0 radical (unpaired) electrons. The van der Waals surface area contributed by atoms with Crippen LogP contribution in [0.15, 0.2) is 78.9 Å². The van der Waals surface area contributed by atoms with Gasteiger partial charge in [0.05, 0.1) is 5.69 Å². The number of nitrogens with zero attached hydrogens (tertiary/aromatic N) is 1. The zero-order valence-corrected chi connectivity index (χ0v) is 18.2. The first-order chi connectivity index (χ1) is 14.9. The molecule has 0 aliphatic heterocycles. The smallest absolute Gasteiger partial charge is 0.327 e. The number of benzene rings is 3. The lowest BCUT2D eigenvalue weighted by atomic mass is 10.0. The summed E-state index contributed by atoms with van der Waals surface area (Å²) >= 11 is -2.46. The number of hydrogen-bond donors (Lipinski definition) is 2. The van der Waals surface area contributed by atoms with Crippen LogP contribution in [0.5, 0.6) is 5.75 Å². The van der Waals surface area contributed by atoms with Gasteiger partial charge in [-0.3, -0.25) is 8.86 Å². The van der Waals surface area contributed by atoms with Crippen molar-refractivity contribution in [2.24, 2.45) is 5.92 Å². The van der Waals surface area contributed by atoms with Crippen molar-refractivity contribution in [3.8, 4) is 16.9 Å². The van der Waals surface area contributed by atoms with Gasteiger partial charge in [0.1, 0.15) is 18.4 Å². The molecule has 3 rings (SSSR count). The maximum Gasteiger partial charge on any atom is 0.327 e. The van der Waals surface area contributed by atoms with Crippen LogP contribution < -0.4 is 9.04 Å². The molecular formula is C24H25NO5S. The second kappa shape index (κ2) is 10.2. The van der Waals surface area contributed by atoms with Gasteiger partial charge in [-0.25, -0.2) is 9.00 Å². The number of hydrogen-bond acceptors (Lipinski definition) is 3. The van der Waals surface area contributed by atoms with Crippen LogP contribution in [0, 0.1) is 5.92 Å². The first-order valence-electron chi connectivity index (χ1n) is 9.87. The van der Waals surface area contributed by atoms with Crippen LogP contribution in [-0.2, 0) is 22.7 Å². The Kier molecular flexibility index (Phi) is 7.44. The number of carboxylic acids is 1. The molecule has 162 valence electrons. The predicted molar refractivity (Wildman–Crippen MR) is 122 cm³/mol. The van der Waals surface area contributed by atoms with E-state index in [1.807, 2.05) is 54.6 Å².